The van der Waals surface area contributed by atoms with Crippen LogP contribution in [0.25, 0.3) is 0 Å². The maximum Gasteiger partial charge on any atom is 0.166 e. The van der Waals surface area contributed by atoms with Gasteiger partial charge in [-0.15, -0.1) is 5.10 Å². The number of nitrogens with zero attached hydrogens (tertiary/aromatic N) is 3. The third-order valence-electron chi connectivity index (χ3n) is 1.92. The third kappa shape index (κ3) is 1.26. The molecule has 6 nitrogen and oxygen atoms in total. The quantitative estimate of drug-likeness (QED) is 0.514. The first-order chi connectivity index (χ1) is 5.75. The van der Waals surface area contributed by atoms with Crippen molar-refractivity contribution < 1.29 is 0 Å². The fourth-order valence-electron chi connectivity index (χ4n) is 1.31. The van der Waals surface area contributed by atoms with Gasteiger partial charge in [-0.1, -0.05) is 5.21 Å². The van der Waals surface area contributed by atoms with E-state index in [1.54, 1.807) is 10.9 Å². The predicted octanol–water partition coefficient (Wildman–Crippen LogP) is -0.755. The van der Waals surface area contributed by atoms with Crippen LogP contribution in [-0.4, -0.2) is 21.0 Å². The molecule has 1 saturated heterocycles. The molecule has 2 unspecified atom stereocenters. The molecule has 0 bridgehead atoms. The van der Waals surface area contributed by atoms with Crippen molar-refractivity contribution in [3.63, 3.8) is 0 Å². The summed E-state index contributed by atoms with van der Waals surface area (Å²) >= 11 is 0. The highest BCUT2D eigenvalue weighted by Gasteiger charge is 2.22. The van der Waals surface area contributed by atoms with Crippen LogP contribution in [0.2, 0.25) is 0 Å². The summed E-state index contributed by atoms with van der Waals surface area (Å²) in [6, 6.07) is 0.459. The van der Waals surface area contributed by atoms with Crippen molar-refractivity contribution in [3.8, 4) is 0 Å². The van der Waals surface area contributed by atoms with E-state index < -0.39 is 0 Å². The lowest BCUT2D eigenvalue weighted by atomic mass is 10.2. The van der Waals surface area contributed by atoms with Crippen molar-refractivity contribution in [2.24, 2.45) is 0 Å². The monoisotopic (exact) mass is 168 g/mol. The van der Waals surface area contributed by atoms with Gasteiger partial charge in [0.25, 0.3) is 0 Å². The third-order valence-corrected chi connectivity index (χ3v) is 1.92. The number of aromatic nitrogens is 3. The Morgan fingerprint density at radius 3 is 3.00 bits per heavy atom. The summed E-state index contributed by atoms with van der Waals surface area (Å²) < 4.78 is 1.73. The number of hydrazine groups is 1. The summed E-state index contributed by atoms with van der Waals surface area (Å²) in [7, 11) is 0. The molecular formula is C6H12N6. The summed E-state index contributed by atoms with van der Waals surface area (Å²) in [5, 5.41) is 7.58. The van der Waals surface area contributed by atoms with Crippen LogP contribution >= 0.6 is 0 Å². The van der Waals surface area contributed by atoms with Crippen LogP contribution in [0.5, 0.6) is 0 Å². The largest absolute Gasteiger partial charge is 0.381 e. The molecule has 6 heteroatoms. The van der Waals surface area contributed by atoms with Crippen molar-refractivity contribution in [1.82, 2.24) is 25.8 Å². The van der Waals surface area contributed by atoms with E-state index in [4.69, 9.17) is 5.73 Å². The second kappa shape index (κ2) is 2.72. The van der Waals surface area contributed by atoms with Gasteiger partial charge in [0.1, 0.15) is 6.17 Å². The second-order valence-electron chi connectivity index (χ2n) is 3.06. The smallest absolute Gasteiger partial charge is 0.166 e. The van der Waals surface area contributed by atoms with E-state index in [9.17, 15) is 0 Å². The van der Waals surface area contributed by atoms with Gasteiger partial charge >= 0.3 is 0 Å². The van der Waals surface area contributed by atoms with Gasteiger partial charge in [-0.05, 0) is 6.92 Å². The van der Waals surface area contributed by atoms with E-state index in [1.165, 1.54) is 0 Å². The molecule has 2 heterocycles. The number of anilines is 1. The minimum atomic E-state index is 0.171. The molecule has 0 aromatic carbocycles. The minimum Gasteiger partial charge on any atom is -0.381 e. The van der Waals surface area contributed by atoms with E-state index in [0.717, 1.165) is 6.42 Å². The van der Waals surface area contributed by atoms with Crippen molar-refractivity contribution in [3.05, 3.63) is 6.20 Å². The predicted molar refractivity (Wildman–Crippen MR) is 43.8 cm³/mol. The number of nitrogens with two attached hydrogens (primary N) is 1. The molecule has 1 fully saturated rings. The maximum atomic E-state index is 5.44. The first-order valence-corrected chi connectivity index (χ1v) is 3.94. The molecule has 0 spiro atoms. The summed E-state index contributed by atoms with van der Waals surface area (Å²) in [4.78, 5) is 0. The van der Waals surface area contributed by atoms with Gasteiger partial charge < -0.3 is 5.73 Å². The van der Waals surface area contributed by atoms with Crippen LogP contribution in [0, 0.1) is 0 Å². The molecule has 1 aliphatic heterocycles. The molecule has 1 aromatic rings. The van der Waals surface area contributed by atoms with Crippen LogP contribution in [0.3, 0.4) is 0 Å². The van der Waals surface area contributed by atoms with Crippen molar-refractivity contribution in [2.45, 2.75) is 25.6 Å². The molecule has 0 saturated carbocycles. The molecule has 1 aromatic heterocycles. The van der Waals surface area contributed by atoms with Crippen LogP contribution in [0.4, 0.5) is 5.82 Å². The summed E-state index contributed by atoms with van der Waals surface area (Å²) in [5.41, 5.74) is 11.6. The first-order valence-electron chi connectivity index (χ1n) is 3.94. The Bertz CT molecular complexity index is 269. The van der Waals surface area contributed by atoms with Crippen molar-refractivity contribution in [1.29, 1.82) is 0 Å². The Morgan fingerprint density at radius 2 is 2.50 bits per heavy atom. The Kier molecular flexibility index (Phi) is 1.70. The number of nitrogens with one attached hydrogen (secondary N) is 2. The second-order valence-corrected chi connectivity index (χ2v) is 3.06. The molecule has 4 N–H and O–H groups in total. The Hall–Kier alpha value is -1.14. The van der Waals surface area contributed by atoms with Gasteiger partial charge in [-0.2, -0.15) is 0 Å². The molecule has 2 atom stereocenters. The molecule has 0 radical (unpaired) electrons. The standard InChI is InChI=1S/C6H12N6/c1-4-2-6(10-8-4)12-3-5(7)9-11-12/h3-4,6,8,10H,2,7H2,1H3. The lowest BCUT2D eigenvalue weighted by molar-refractivity contribution is 0.395. The highest BCUT2D eigenvalue weighted by atomic mass is 15.6. The fourth-order valence-corrected chi connectivity index (χ4v) is 1.31. The van der Waals surface area contributed by atoms with E-state index in [0.29, 0.717) is 11.9 Å². The topological polar surface area (TPSA) is 80.8 Å². The molecular weight excluding hydrogens is 156 g/mol. The molecule has 0 amide bonds. The van der Waals surface area contributed by atoms with Crippen LogP contribution in [0.1, 0.15) is 19.5 Å². The minimum absolute atomic E-state index is 0.171. The maximum absolute atomic E-state index is 5.44. The molecule has 2 rings (SSSR count). The van der Waals surface area contributed by atoms with Crippen LogP contribution in [0.15, 0.2) is 6.20 Å². The van der Waals surface area contributed by atoms with E-state index in [2.05, 4.69) is 28.1 Å². The average Bonchev–Trinajstić information content (AvgIpc) is 2.58. The first kappa shape index (κ1) is 7.51. The Balaban J connectivity index is 2.11. The zero-order chi connectivity index (χ0) is 8.55. The Morgan fingerprint density at radius 1 is 1.67 bits per heavy atom. The van der Waals surface area contributed by atoms with E-state index in [-0.39, 0.29) is 6.17 Å². The highest BCUT2D eigenvalue weighted by molar-refractivity contribution is 5.20. The summed E-state index contributed by atoms with van der Waals surface area (Å²) in [6.07, 6.45) is 2.88. The average molecular weight is 168 g/mol. The van der Waals surface area contributed by atoms with Crippen molar-refractivity contribution in [2.75, 3.05) is 5.73 Å². The highest BCUT2D eigenvalue weighted by Crippen LogP contribution is 2.14. The zero-order valence-corrected chi connectivity index (χ0v) is 6.86. The van der Waals surface area contributed by atoms with Crippen molar-refractivity contribution >= 4 is 5.82 Å². The normalized spacial score (nSPS) is 29.4. The molecule has 66 valence electrons. The molecule has 0 aliphatic carbocycles. The Labute approximate surface area is 70.1 Å². The number of nitrogen functional groups attached to an aromatic ring is 1. The summed E-state index contributed by atoms with van der Waals surface area (Å²) in [5.74, 6) is 0.455. The van der Waals surface area contributed by atoms with E-state index in [1.807, 2.05) is 0 Å². The molecule has 1 aliphatic rings. The lowest BCUT2D eigenvalue weighted by Gasteiger charge is -2.07. The van der Waals surface area contributed by atoms with Gasteiger partial charge in [0.15, 0.2) is 5.82 Å². The summed E-state index contributed by atoms with van der Waals surface area (Å²) in [6.45, 7) is 2.10. The number of hydrogen-bond acceptors (Lipinski definition) is 5. The number of hydrogen-bond donors (Lipinski definition) is 3. The number of rotatable bonds is 1. The zero-order valence-electron chi connectivity index (χ0n) is 6.86. The van der Waals surface area contributed by atoms with Crippen LogP contribution in [-0.2, 0) is 0 Å². The van der Waals surface area contributed by atoms with Crippen LogP contribution < -0.4 is 16.6 Å². The van der Waals surface area contributed by atoms with E-state index >= 15 is 0 Å². The lowest BCUT2D eigenvalue weighted by Crippen LogP contribution is -2.31. The van der Waals surface area contributed by atoms with Gasteiger partial charge in [-0.3, -0.25) is 5.43 Å². The van der Waals surface area contributed by atoms with Gasteiger partial charge in [0.2, 0.25) is 0 Å². The SMILES string of the molecule is CC1CC(n2cc(N)nn2)NN1. The fraction of sp³-hybridized carbons (Fsp3) is 0.667. The van der Waals surface area contributed by atoms with Gasteiger partial charge in [0, 0.05) is 12.5 Å². The molecule has 12 heavy (non-hydrogen) atoms. The van der Waals surface area contributed by atoms with Gasteiger partial charge in [0.05, 0.1) is 6.20 Å². The van der Waals surface area contributed by atoms with Gasteiger partial charge in [-0.25, -0.2) is 10.1 Å².